The van der Waals surface area contributed by atoms with E-state index in [0.717, 1.165) is 25.1 Å². The quantitative estimate of drug-likeness (QED) is 0.502. The average molecular weight is 510 g/mol. The summed E-state index contributed by atoms with van der Waals surface area (Å²) in [5, 5.41) is 10.9. The van der Waals surface area contributed by atoms with E-state index in [1.54, 1.807) is 18.2 Å². The molecule has 0 amide bonds. The van der Waals surface area contributed by atoms with Crippen LogP contribution in [0.15, 0.2) is 36.5 Å². The third-order valence-corrected chi connectivity index (χ3v) is 7.20. The molecule has 188 valence electrons. The fourth-order valence-corrected chi connectivity index (χ4v) is 5.10. The zero-order chi connectivity index (χ0) is 25.2. The fraction of sp³-hybridized carbons (Fsp3) is 0.500. The van der Waals surface area contributed by atoms with Crippen molar-refractivity contribution in [3.8, 4) is 5.75 Å². The van der Waals surface area contributed by atoms with E-state index >= 15 is 0 Å². The summed E-state index contributed by atoms with van der Waals surface area (Å²) in [6.45, 7) is 0. The van der Waals surface area contributed by atoms with Crippen molar-refractivity contribution in [1.29, 1.82) is 0 Å². The summed E-state index contributed by atoms with van der Waals surface area (Å²) in [6.07, 6.45) is -1.17. The maximum atomic E-state index is 12.8. The Kier molecular flexibility index (Phi) is 7.81. The van der Waals surface area contributed by atoms with Gasteiger partial charge in [0.25, 0.3) is 0 Å². The highest BCUT2D eigenvalue weighted by atomic mass is 35.5. The number of halogens is 4. The molecular formula is C26H27ClF3NO4. The Hall–Kier alpha value is -2.45. The number of nitrogens with zero attached hydrogens (tertiary/aromatic N) is 1. The van der Waals surface area contributed by atoms with Gasteiger partial charge in [0.1, 0.15) is 11.5 Å². The Bertz CT molecular complexity index is 1070. The van der Waals surface area contributed by atoms with Crippen LogP contribution in [0.3, 0.4) is 0 Å². The van der Waals surface area contributed by atoms with Crippen molar-refractivity contribution >= 4 is 23.2 Å². The van der Waals surface area contributed by atoms with E-state index < -0.39 is 23.9 Å². The van der Waals surface area contributed by atoms with Crippen LogP contribution < -0.4 is 4.74 Å². The summed E-state index contributed by atoms with van der Waals surface area (Å²) in [6, 6.07) is 7.27. The highest BCUT2D eigenvalue weighted by Crippen LogP contribution is 2.38. The van der Waals surface area contributed by atoms with Gasteiger partial charge in [0, 0.05) is 47.7 Å². The second-order valence-electron chi connectivity index (χ2n) is 9.43. The molecule has 1 aromatic heterocycles. The number of rotatable bonds is 7. The van der Waals surface area contributed by atoms with E-state index in [9.17, 15) is 27.9 Å². The highest BCUT2D eigenvalue weighted by Gasteiger charge is 2.34. The minimum absolute atomic E-state index is 0.0483. The van der Waals surface area contributed by atoms with Crippen LogP contribution in [-0.2, 0) is 22.2 Å². The second kappa shape index (κ2) is 10.7. The van der Waals surface area contributed by atoms with Gasteiger partial charge in [-0.1, -0.05) is 11.6 Å². The molecule has 1 saturated carbocycles. The number of hydrogen-bond donors (Lipinski definition) is 1. The van der Waals surface area contributed by atoms with E-state index in [4.69, 9.17) is 16.3 Å². The molecule has 1 aliphatic carbocycles. The Balaban J connectivity index is 1.22. The molecule has 0 spiro atoms. The molecule has 2 aliphatic rings. The van der Waals surface area contributed by atoms with Crippen molar-refractivity contribution in [2.45, 2.75) is 69.8 Å². The minimum atomic E-state index is -4.43. The SMILES string of the molecule is O=C(CCc1ccc(C(F)(F)F)cn1)C1CCC(CC(=O)[C@@H]2C[C@@H](O)c3cc(Cl)ccc3O2)CC1. The summed E-state index contributed by atoms with van der Waals surface area (Å²) < 4.78 is 43.8. The number of alkyl halides is 3. The molecule has 1 aliphatic heterocycles. The Morgan fingerprint density at radius 3 is 2.49 bits per heavy atom. The molecule has 0 unspecified atom stereocenters. The van der Waals surface area contributed by atoms with Crippen LogP contribution in [0.5, 0.6) is 5.75 Å². The molecule has 2 heterocycles. The van der Waals surface area contributed by atoms with Gasteiger partial charge in [-0.15, -0.1) is 0 Å². The van der Waals surface area contributed by atoms with Gasteiger partial charge in [-0.25, -0.2) is 0 Å². The van der Waals surface area contributed by atoms with Crippen molar-refractivity contribution in [3.05, 3.63) is 58.4 Å². The molecule has 35 heavy (non-hydrogen) atoms. The standard InChI is InChI=1S/C26H27ClF3NO4/c27-18-6-10-24-20(12-18)22(33)13-25(35-24)23(34)11-15-1-3-16(4-2-15)21(32)9-8-19-7-5-17(14-31-19)26(28,29)30/h5-7,10,12,14-16,22,25,33H,1-4,8-9,11,13H2/t15?,16?,22-,25+/m1/s1. The number of aromatic nitrogens is 1. The van der Waals surface area contributed by atoms with E-state index in [1.807, 2.05) is 0 Å². The first-order valence-corrected chi connectivity index (χ1v) is 12.2. The molecule has 0 saturated heterocycles. The molecular weight excluding hydrogens is 483 g/mol. The van der Waals surface area contributed by atoms with Crippen molar-refractivity contribution in [3.63, 3.8) is 0 Å². The molecule has 4 rings (SSSR count). The second-order valence-corrected chi connectivity index (χ2v) is 9.87. The van der Waals surface area contributed by atoms with Gasteiger partial charge in [0.15, 0.2) is 11.9 Å². The zero-order valence-electron chi connectivity index (χ0n) is 19.1. The number of aliphatic hydroxyl groups is 1. The predicted octanol–water partition coefficient (Wildman–Crippen LogP) is 5.91. The van der Waals surface area contributed by atoms with Gasteiger partial charge in [-0.2, -0.15) is 13.2 Å². The molecule has 9 heteroatoms. The molecule has 0 radical (unpaired) electrons. The first-order valence-electron chi connectivity index (χ1n) is 11.8. The van der Waals surface area contributed by atoms with Crippen LogP contribution in [0.2, 0.25) is 5.02 Å². The fourth-order valence-electron chi connectivity index (χ4n) is 4.92. The lowest BCUT2D eigenvalue weighted by atomic mass is 9.77. The maximum Gasteiger partial charge on any atom is 0.417 e. The Morgan fingerprint density at radius 1 is 1.09 bits per heavy atom. The van der Waals surface area contributed by atoms with Crippen LogP contribution in [0.1, 0.15) is 67.9 Å². The molecule has 5 nitrogen and oxygen atoms in total. The summed E-state index contributed by atoms with van der Waals surface area (Å²) in [5.74, 6) is 0.581. The largest absolute Gasteiger partial charge is 0.482 e. The van der Waals surface area contributed by atoms with Crippen molar-refractivity contribution in [2.75, 3.05) is 0 Å². The third kappa shape index (κ3) is 6.41. The van der Waals surface area contributed by atoms with E-state index in [-0.39, 0.29) is 36.2 Å². The first kappa shape index (κ1) is 25.6. The maximum absolute atomic E-state index is 12.8. The topological polar surface area (TPSA) is 76.5 Å². The van der Waals surface area contributed by atoms with Crippen LogP contribution in [0.4, 0.5) is 13.2 Å². The number of ether oxygens (including phenoxy) is 1. The van der Waals surface area contributed by atoms with Gasteiger partial charge in [-0.3, -0.25) is 14.6 Å². The van der Waals surface area contributed by atoms with Gasteiger partial charge < -0.3 is 9.84 Å². The molecule has 2 atom stereocenters. The smallest absolute Gasteiger partial charge is 0.417 e. The number of pyridine rings is 1. The third-order valence-electron chi connectivity index (χ3n) is 6.97. The van der Waals surface area contributed by atoms with Gasteiger partial charge in [-0.05, 0) is 68.4 Å². The van der Waals surface area contributed by atoms with E-state index in [1.165, 1.54) is 6.07 Å². The zero-order valence-corrected chi connectivity index (χ0v) is 19.8. The molecule has 2 aromatic rings. The number of carbonyl (C=O) groups is 2. The minimum Gasteiger partial charge on any atom is -0.482 e. The number of fused-ring (bicyclic) bond motifs is 1. The lowest BCUT2D eigenvalue weighted by Crippen LogP contribution is -2.35. The summed E-state index contributed by atoms with van der Waals surface area (Å²) in [7, 11) is 0. The summed E-state index contributed by atoms with van der Waals surface area (Å²) >= 11 is 5.98. The number of hydrogen-bond acceptors (Lipinski definition) is 5. The van der Waals surface area contributed by atoms with Crippen LogP contribution in [0.25, 0.3) is 0 Å². The number of carbonyl (C=O) groups excluding carboxylic acids is 2. The summed E-state index contributed by atoms with van der Waals surface area (Å²) in [4.78, 5) is 29.3. The van der Waals surface area contributed by atoms with Gasteiger partial charge >= 0.3 is 6.18 Å². The van der Waals surface area contributed by atoms with Crippen LogP contribution >= 0.6 is 11.6 Å². The van der Waals surface area contributed by atoms with E-state index in [0.29, 0.717) is 47.7 Å². The van der Waals surface area contributed by atoms with Crippen molar-refractivity contribution in [1.82, 2.24) is 4.98 Å². The summed E-state index contributed by atoms with van der Waals surface area (Å²) in [5.41, 5.74) is 0.249. The number of aliphatic hydroxyl groups excluding tert-OH is 1. The average Bonchev–Trinajstić information content (AvgIpc) is 2.83. The normalized spacial score (nSPS) is 24.4. The van der Waals surface area contributed by atoms with Gasteiger partial charge in [0.05, 0.1) is 11.7 Å². The van der Waals surface area contributed by atoms with Crippen molar-refractivity contribution in [2.24, 2.45) is 11.8 Å². The molecule has 1 aromatic carbocycles. The molecule has 0 bridgehead atoms. The van der Waals surface area contributed by atoms with Gasteiger partial charge in [0.2, 0.25) is 0 Å². The Morgan fingerprint density at radius 2 is 1.83 bits per heavy atom. The lowest BCUT2D eigenvalue weighted by molar-refractivity contribution is -0.138. The van der Waals surface area contributed by atoms with Crippen LogP contribution in [-0.4, -0.2) is 27.8 Å². The Labute approximate surface area is 206 Å². The number of ketones is 2. The predicted molar refractivity (Wildman–Crippen MR) is 123 cm³/mol. The van der Waals surface area contributed by atoms with E-state index in [2.05, 4.69) is 4.98 Å². The number of aryl methyl sites for hydroxylation is 1. The number of Topliss-reactive ketones (excluding diaryl/α,β-unsaturated/α-hetero) is 2. The molecule has 1 N–H and O–H groups in total. The lowest BCUT2D eigenvalue weighted by Gasteiger charge is -2.31. The highest BCUT2D eigenvalue weighted by molar-refractivity contribution is 6.30. The molecule has 1 fully saturated rings. The van der Waals surface area contributed by atoms with Crippen LogP contribution in [0, 0.1) is 11.8 Å². The number of benzene rings is 1. The van der Waals surface area contributed by atoms with Crippen molar-refractivity contribution < 1.29 is 32.6 Å². The first-order chi connectivity index (χ1) is 16.6. The monoisotopic (exact) mass is 509 g/mol.